The molecule has 4 heteroatoms. The molecule has 1 aromatic rings. The molecule has 14 heavy (non-hydrogen) atoms. The monoisotopic (exact) mass is 214 g/mol. The van der Waals surface area contributed by atoms with E-state index < -0.39 is 0 Å². The molecule has 1 unspecified atom stereocenters. The molecule has 1 heterocycles. The van der Waals surface area contributed by atoms with Crippen molar-refractivity contribution in [1.29, 1.82) is 0 Å². The van der Waals surface area contributed by atoms with E-state index in [-0.39, 0.29) is 11.7 Å². The zero-order chi connectivity index (χ0) is 10.7. The Hall–Kier alpha value is -0.830. The van der Waals surface area contributed by atoms with Crippen molar-refractivity contribution >= 4 is 17.4 Å². The average Bonchev–Trinajstić information content (AvgIpc) is 2.45. The van der Waals surface area contributed by atoms with Gasteiger partial charge in [-0.05, 0) is 13.8 Å². The summed E-state index contributed by atoms with van der Waals surface area (Å²) >= 11 is 6.01. The van der Waals surface area contributed by atoms with Gasteiger partial charge in [0.1, 0.15) is 5.78 Å². The summed E-state index contributed by atoms with van der Waals surface area (Å²) in [5.74, 6) is 0.319. The summed E-state index contributed by atoms with van der Waals surface area (Å²) < 4.78 is 1.84. The molecule has 0 saturated heterocycles. The third-order valence-corrected chi connectivity index (χ3v) is 2.48. The number of carbonyl (C=O) groups excluding carboxylic acids is 1. The van der Waals surface area contributed by atoms with Crippen molar-refractivity contribution in [3.63, 3.8) is 0 Å². The molecule has 1 atom stereocenters. The Morgan fingerprint density at radius 1 is 1.71 bits per heavy atom. The number of nitrogens with zero attached hydrogens (tertiary/aromatic N) is 2. The molecule has 0 amide bonds. The Balaban J connectivity index is 2.92. The lowest BCUT2D eigenvalue weighted by atomic mass is 10.0. The van der Waals surface area contributed by atoms with Gasteiger partial charge < -0.3 is 4.79 Å². The number of hydrogen-bond acceptors (Lipinski definition) is 2. The number of aromatic nitrogens is 2. The van der Waals surface area contributed by atoms with E-state index >= 15 is 0 Å². The number of carbonyl (C=O) groups is 1. The van der Waals surface area contributed by atoms with Crippen LogP contribution >= 0.6 is 11.6 Å². The number of rotatable bonds is 4. The molecule has 1 rings (SSSR count). The van der Waals surface area contributed by atoms with Crippen molar-refractivity contribution in [2.24, 2.45) is 0 Å². The minimum Gasteiger partial charge on any atom is -0.300 e. The van der Waals surface area contributed by atoms with E-state index in [0.717, 1.165) is 12.2 Å². The first-order valence-electron chi connectivity index (χ1n) is 4.76. The highest BCUT2D eigenvalue weighted by molar-refractivity contribution is 6.31. The molecule has 0 aliphatic carbocycles. The SMILES string of the molecule is CCn1ncc(Cl)c1C(C)CC(C)=O. The Bertz CT molecular complexity index is 333. The fraction of sp³-hybridized carbons (Fsp3) is 0.600. The lowest BCUT2D eigenvalue weighted by Crippen LogP contribution is -2.09. The Labute approximate surface area is 89.1 Å². The van der Waals surface area contributed by atoms with Crippen LogP contribution in [0, 0.1) is 0 Å². The van der Waals surface area contributed by atoms with Gasteiger partial charge in [-0.15, -0.1) is 0 Å². The summed E-state index contributed by atoms with van der Waals surface area (Å²) in [6, 6.07) is 0. The van der Waals surface area contributed by atoms with Gasteiger partial charge in [-0.25, -0.2) is 0 Å². The van der Waals surface area contributed by atoms with Crippen molar-refractivity contribution < 1.29 is 4.79 Å². The highest BCUT2D eigenvalue weighted by atomic mass is 35.5. The largest absolute Gasteiger partial charge is 0.300 e. The van der Waals surface area contributed by atoms with Crippen LogP contribution in [0.15, 0.2) is 6.20 Å². The maximum atomic E-state index is 11.0. The van der Waals surface area contributed by atoms with E-state index in [4.69, 9.17) is 11.6 Å². The molecule has 3 nitrogen and oxygen atoms in total. The van der Waals surface area contributed by atoms with Crippen LogP contribution in [0.3, 0.4) is 0 Å². The summed E-state index contributed by atoms with van der Waals surface area (Å²) in [6.07, 6.45) is 2.16. The number of hydrogen-bond donors (Lipinski definition) is 0. The Kier molecular flexibility index (Phi) is 3.69. The molecule has 1 aromatic heterocycles. The third kappa shape index (κ3) is 2.35. The van der Waals surface area contributed by atoms with Crippen LogP contribution in [0.5, 0.6) is 0 Å². The second-order valence-electron chi connectivity index (χ2n) is 3.50. The van der Waals surface area contributed by atoms with E-state index in [1.165, 1.54) is 0 Å². The molecular formula is C10H15ClN2O. The van der Waals surface area contributed by atoms with Crippen molar-refractivity contribution in [3.05, 3.63) is 16.9 Å². The topological polar surface area (TPSA) is 34.9 Å². The maximum Gasteiger partial charge on any atom is 0.130 e. The maximum absolute atomic E-state index is 11.0. The molecule has 0 aliphatic heterocycles. The molecule has 0 aromatic carbocycles. The molecular weight excluding hydrogens is 200 g/mol. The summed E-state index contributed by atoms with van der Waals surface area (Å²) in [5, 5.41) is 4.79. The predicted molar refractivity (Wildman–Crippen MR) is 56.6 cm³/mol. The van der Waals surface area contributed by atoms with Gasteiger partial charge in [-0.2, -0.15) is 5.10 Å². The predicted octanol–water partition coefficient (Wildman–Crippen LogP) is 2.64. The van der Waals surface area contributed by atoms with E-state index in [9.17, 15) is 4.79 Å². The molecule has 0 aliphatic rings. The zero-order valence-electron chi connectivity index (χ0n) is 8.75. The van der Waals surface area contributed by atoms with Gasteiger partial charge >= 0.3 is 0 Å². The molecule has 0 saturated carbocycles. The molecule has 0 bridgehead atoms. The number of halogens is 1. The minimum atomic E-state index is 0.141. The fourth-order valence-electron chi connectivity index (χ4n) is 1.64. The molecule has 0 spiro atoms. The van der Waals surface area contributed by atoms with E-state index in [1.54, 1.807) is 13.1 Å². The lowest BCUT2D eigenvalue weighted by molar-refractivity contribution is -0.117. The molecule has 0 radical (unpaired) electrons. The zero-order valence-corrected chi connectivity index (χ0v) is 9.51. The van der Waals surface area contributed by atoms with Gasteiger partial charge in [-0.1, -0.05) is 18.5 Å². The quantitative estimate of drug-likeness (QED) is 0.773. The first-order chi connectivity index (χ1) is 6.56. The summed E-state index contributed by atoms with van der Waals surface area (Å²) in [7, 11) is 0. The van der Waals surface area contributed by atoms with Crippen molar-refractivity contribution in [2.45, 2.75) is 39.7 Å². The third-order valence-electron chi connectivity index (χ3n) is 2.19. The molecule has 0 fully saturated rings. The second-order valence-corrected chi connectivity index (χ2v) is 3.91. The van der Waals surface area contributed by atoms with E-state index in [2.05, 4.69) is 5.10 Å². The van der Waals surface area contributed by atoms with E-state index in [0.29, 0.717) is 11.4 Å². The second kappa shape index (κ2) is 4.60. The summed E-state index contributed by atoms with van der Waals surface area (Å²) in [6.45, 7) is 6.38. The lowest BCUT2D eigenvalue weighted by Gasteiger charge is -2.12. The van der Waals surface area contributed by atoms with Gasteiger partial charge in [0.2, 0.25) is 0 Å². The first-order valence-corrected chi connectivity index (χ1v) is 5.14. The van der Waals surface area contributed by atoms with Crippen molar-refractivity contribution in [2.75, 3.05) is 0 Å². The van der Waals surface area contributed by atoms with E-state index in [1.807, 2.05) is 18.5 Å². The van der Waals surface area contributed by atoms with Crippen LogP contribution < -0.4 is 0 Å². The van der Waals surface area contributed by atoms with Crippen LogP contribution in [0.4, 0.5) is 0 Å². The number of Topliss-reactive ketones (excluding diaryl/α,β-unsaturated/α-hetero) is 1. The van der Waals surface area contributed by atoms with Crippen molar-refractivity contribution in [3.8, 4) is 0 Å². The Morgan fingerprint density at radius 2 is 2.36 bits per heavy atom. The normalized spacial score (nSPS) is 12.9. The van der Waals surface area contributed by atoms with Gasteiger partial charge in [0.25, 0.3) is 0 Å². The minimum absolute atomic E-state index is 0.141. The fourth-order valence-corrected chi connectivity index (χ4v) is 1.97. The van der Waals surface area contributed by atoms with Crippen molar-refractivity contribution in [1.82, 2.24) is 9.78 Å². The van der Waals surface area contributed by atoms with Crippen LogP contribution in [0.25, 0.3) is 0 Å². The molecule has 0 N–H and O–H groups in total. The van der Waals surface area contributed by atoms with Gasteiger partial charge in [0.15, 0.2) is 0 Å². The summed E-state index contributed by atoms with van der Waals surface area (Å²) in [5.41, 5.74) is 0.962. The standard InChI is InChI=1S/C10H15ClN2O/c1-4-13-10(9(11)6-12-13)7(2)5-8(3)14/h6-7H,4-5H2,1-3H3. The van der Waals surface area contributed by atoms with Gasteiger partial charge in [0.05, 0.1) is 16.9 Å². The van der Waals surface area contributed by atoms with Crippen LogP contribution in [-0.4, -0.2) is 15.6 Å². The summed E-state index contributed by atoms with van der Waals surface area (Å²) in [4.78, 5) is 11.0. The number of aryl methyl sites for hydroxylation is 1. The first kappa shape index (κ1) is 11.2. The van der Waals surface area contributed by atoms with Gasteiger partial charge in [-0.3, -0.25) is 4.68 Å². The highest BCUT2D eigenvalue weighted by Crippen LogP contribution is 2.26. The van der Waals surface area contributed by atoms with Crippen LogP contribution in [0.2, 0.25) is 5.02 Å². The number of ketones is 1. The average molecular weight is 215 g/mol. The van der Waals surface area contributed by atoms with Gasteiger partial charge in [0, 0.05) is 18.9 Å². The van der Waals surface area contributed by atoms with Crippen LogP contribution in [-0.2, 0) is 11.3 Å². The highest BCUT2D eigenvalue weighted by Gasteiger charge is 2.16. The molecule has 78 valence electrons. The Morgan fingerprint density at radius 3 is 2.86 bits per heavy atom. The van der Waals surface area contributed by atoms with Crippen LogP contribution in [0.1, 0.15) is 38.8 Å². The smallest absolute Gasteiger partial charge is 0.130 e.